The first-order chi connectivity index (χ1) is 9.13. The van der Waals surface area contributed by atoms with E-state index in [0.29, 0.717) is 24.3 Å². The van der Waals surface area contributed by atoms with Gasteiger partial charge in [-0.25, -0.2) is 4.39 Å². The second-order valence-corrected chi connectivity index (χ2v) is 4.42. The van der Waals surface area contributed by atoms with E-state index in [1.165, 1.54) is 12.1 Å². The molecule has 0 bridgehead atoms. The third kappa shape index (κ3) is 6.23. The predicted octanol–water partition coefficient (Wildman–Crippen LogP) is 1.89. The highest BCUT2D eigenvalue weighted by Gasteiger charge is 2.03. The fourth-order valence-corrected chi connectivity index (χ4v) is 1.50. The van der Waals surface area contributed by atoms with Crippen LogP contribution >= 0.6 is 0 Å². The molecule has 1 N–H and O–H groups in total. The third-order valence-electron chi connectivity index (χ3n) is 2.41. The Labute approximate surface area is 114 Å². The van der Waals surface area contributed by atoms with E-state index in [9.17, 15) is 4.39 Å². The van der Waals surface area contributed by atoms with Gasteiger partial charge in [0, 0.05) is 13.0 Å². The molecule has 0 fully saturated rings. The van der Waals surface area contributed by atoms with Crippen LogP contribution in [0.15, 0.2) is 18.2 Å². The minimum Gasteiger partial charge on any atom is -0.492 e. The van der Waals surface area contributed by atoms with E-state index in [0.717, 1.165) is 13.0 Å². The van der Waals surface area contributed by atoms with Crippen molar-refractivity contribution in [1.29, 1.82) is 0 Å². The van der Waals surface area contributed by atoms with Crippen molar-refractivity contribution in [3.63, 3.8) is 0 Å². The molecular weight excluding hydrogens is 245 g/mol. The SMILES string of the molecule is CN(C)CCCOc1ccc(F)cc1C#CCCO. The molecule has 4 heteroatoms. The lowest BCUT2D eigenvalue weighted by Gasteiger charge is -2.11. The number of hydrogen-bond donors (Lipinski definition) is 1. The summed E-state index contributed by atoms with van der Waals surface area (Å²) < 4.78 is 18.8. The van der Waals surface area contributed by atoms with Gasteiger partial charge in [-0.3, -0.25) is 0 Å². The van der Waals surface area contributed by atoms with Crippen LogP contribution in [0.1, 0.15) is 18.4 Å². The van der Waals surface area contributed by atoms with Crippen LogP contribution in [0.4, 0.5) is 4.39 Å². The summed E-state index contributed by atoms with van der Waals surface area (Å²) in [6.45, 7) is 1.51. The van der Waals surface area contributed by atoms with E-state index in [4.69, 9.17) is 9.84 Å². The van der Waals surface area contributed by atoms with Crippen LogP contribution in [0.25, 0.3) is 0 Å². The zero-order chi connectivity index (χ0) is 14.1. The summed E-state index contributed by atoms with van der Waals surface area (Å²) in [5.74, 6) is 5.84. The second kappa shape index (κ2) is 8.52. The molecule has 1 aromatic carbocycles. The molecule has 0 aromatic heterocycles. The number of hydrogen-bond acceptors (Lipinski definition) is 3. The molecule has 0 saturated heterocycles. The highest BCUT2D eigenvalue weighted by molar-refractivity contribution is 5.46. The maximum atomic E-state index is 13.2. The topological polar surface area (TPSA) is 32.7 Å². The summed E-state index contributed by atoms with van der Waals surface area (Å²) in [4.78, 5) is 2.08. The Hall–Kier alpha value is -1.57. The first kappa shape index (κ1) is 15.5. The van der Waals surface area contributed by atoms with Gasteiger partial charge in [-0.1, -0.05) is 11.8 Å². The number of aliphatic hydroxyl groups is 1. The van der Waals surface area contributed by atoms with Gasteiger partial charge in [-0.15, -0.1) is 0 Å². The first-order valence-electron chi connectivity index (χ1n) is 6.30. The number of benzene rings is 1. The summed E-state index contributed by atoms with van der Waals surface area (Å²) in [5, 5.41) is 8.68. The Bertz CT molecular complexity index is 449. The predicted molar refractivity (Wildman–Crippen MR) is 73.6 cm³/mol. The minimum absolute atomic E-state index is 0.00133. The monoisotopic (exact) mass is 265 g/mol. The van der Waals surface area contributed by atoms with Crippen LogP contribution in [-0.4, -0.2) is 43.9 Å². The van der Waals surface area contributed by atoms with Gasteiger partial charge in [0.25, 0.3) is 0 Å². The first-order valence-corrected chi connectivity index (χ1v) is 6.30. The van der Waals surface area contributed by atoms with Gasteiger partial charge in [0.05, 0.1) is 18.8 Å². The zero-order valence-electron chi connectivity index (χ0n) is 11.4. The molecule has 0 atom stereocenters. The van der Waals surface area contributed by atoms with E-state index in [2.05, 4.69) is 16.7 Å². The number of nitrogens with zero attached hydrogens (tertiary/aromatic N) is 1. The fourth-order valence-electron chi connectivity index (χ4n) is 1.50. The van der Waals surface area contributed by atoms with Gasteiger partial charge in [0.2, 0.25) is 0 Å². The molecule has 0 saturated carbocycles. The molecule has 1 aromatic rings. The Morgan fingerprint density at radius 1 is 1.37 bits per heavy atom. The van der Waals surface area contributed by atoms with Gasteiger partial charge >= 0.3 is 0 Å². The smallest absolute Gasteiger partial charge is 0.135 e. The van der Waals surface area contributed by atoms with Crippen molar-refractivity contribution in [1.82, 2.24) is 4.90 Å². The van der Waals surface area contributed by atoms with Crippen molar-refractivity contribution in [2.45, 2.75) is 12.8 Å². The number of halogens is 1. The molecule has 0 heterocycles. The van der Waals surface area contributed by atoms with Crippen molar-refractivity contribution in [2.75, 3.05) is 33.9 Å². The van der Waals surface area contributed by atoms with E-state index < -0.39 is 0 Å². The van der Waals surface area contributed by atoms with Gasteiger partial charge in [-0.2, -0.15) is 0 Å². The highest BCUT2D eigenvalue weighted by Crippen LogP contribution is 2.19. The van der Waals surface area contributed by atoms with Crippen LogP contribution in [-0.2, 0) is 0 Å². The lowest BCUT2D eigenvalue weighted by atomic mass is 10.2. The van der Waals surface area contributed by atoms with E-state index in [1.807, 2.05) is 14.1 Å². The Kier molecular flexibility index (Phi) is 6.94. The summed E-state index contributed by atoms with van der Waals surface area (Å²) in [5.41, 5.74) is 0.526. The number of rotatable bonds is 6. The van der Waals surface area contributed by atoms with Crippen molar-refractivity contribution in [3.8, 4) is 17.6 Å². The average molecular weight is 265 g/mol. The van der Waals surface area contributed by atoms with E-state index in [-0.39, 0.29) is 12.4 Å². The molecule has 3 nitrogen and oxygen atoms in total. The largest absolute Gasteiger partial charge is 0.492 e. The summed E-state index contributed by atoms with van der Waals surface area (Å²) in [6.07, 6.45) is 1.27. The summed E-state index contributed by atoms with van der Waals surface area (Å²) >= 11 is 0. The molecule has 0 unspecified atom stereocenters. The Balaban J connectivity index is 2.64. The molecule has 0 aliphatic heterocycles. The quantitative estimate of drug-likeness (QED) is 0.630. The molecule has 0 aliphatic rings. The van der Waals surface area contributed by atoms with Crippen LogP contribution in [0, 0.1) is 17.7 Å². The van der Waals surface area contributed by atoms with Crippen molar-refractivity contribution in [3.05, 3.63) is 29.6 Å². The molecule has 0 aliphatic carbocycles. The van der Waals surface area contributed by atoms with Crippen molar-refractivity contribution < 1.29 is 14.2 Å². The van der Waals surface area contributed by atoms with Crippen LogP contribution in [0.2, 0.25) is 0 Å². The maximum Gasteiger partial charge on any atom is 0.135 e. The van der Waals surface area contributed by atoms with Gasteiger partial charge in [0.15, 0.2) is 0 Å². The molecule has 0 spiro atoms. The second-order valence-electron chi connectivity index (χ2n) is 4.42. The standard InChI is InChI=1S/C15H20FNO2/c1-17(2)9-5-11-19-15-8-7-14(16)12-13(15)6-3-4-10-18/h7-8,12,18H,4-5,9-11H2,1-2H3. The van der Waals surface area contributed by atoms with Crippen LogP contribution in [0.3, 0.4) is 0 Å². The zero-order valence-corrected chi connectivity index (χ0v) is 11.4. The summed E-state index contributed by atoms with van der Waals surface area (Å²) in [6, 6.07) is 4.30. The molecular formula is C15H20FNO2. The van der Waals surface area contributed by atoms with E-state index in [1.54, 1.807) is 6.07 Å². The Morgan fingerprint density at radius 2 is 2.16 bits per heavy atom. The van der Waals surface area contributed by atoms with Gasteiger partial charge in [-0.05, 0) is 38.7 Å². The summed E-state index contributed by atoms with van der Waals surface area (Å²) in [7, 11) is 4.01. The van der Waals surface area contributed by atoms with Gasteiger partial charge in [0.1, 0.15) is 11.6 Å². The average Bonchev–Trinajstić information content (AvgIpc) is 2.36. The molecule has 1 rings (SSSR count). The Morgan fingerprint density at radius 3 is 2.84 bits per heavy atom. The number of ether oxygens (including phenoxy) is 1. The molecule has 19 heavy (non-hydrogen) atoms. The maximum absolute atomic E-state index is 13.2. The van der Waals surface area contributed by atoms with E-state index >= 15 is 0 Å². The molecule has 0 amide bonds. The lowest BCUT2D eigenvalue weighted by molar-refractivity contribution is 0.280. The van der Waals surface area contributed by atoms with Crippen LogP contribution in [0.5, 0.6) is 5.75 Å². The van der Waals surface area contributed by atoms with Gasteiger partial charge < -0.3 is 14.7 Å². The normalized spacial score (nSPS) is 10.2. The highest BCUT2D eigenvalue weighted by atomic mass is 19.1. The molecule has 0 radical (unpaired) electrons. The third-order valence-corrected chi connectivity index (χ3v) is 2.41. The van der Waals surface area contributed by atoms with Crippen molar-refractivity contribution >= 4 is 0 Å². The number of aliphatic hydroxyl groups excluding tert-OH is 1. The fraction of sp³-hybridized carbons (Fsp3) is 0.467. The molecule has 104 valence electrons. The van der Waals surface area contributed by atoms with Crippen molar-refractivity contribution in [2.24, 2.45) is 0 Å². The van der Waals surface area contributed by atoms with Crippen LogP contribution < -0.4 is 4.74 Å². The lowest BCUT2D eigenvalue weighted by Crippen LogP contribution is -2.15. The minimum atomic E-state index is -0.339.